The third-order valence-corrected chi connectivity index (χ3v) is 4.41. The van der Waals surface area contributed by atoms with Crippen LogP contribution in [0.4, 0.5) is 0 Å². The first-order valence-electron chi connectivity index (χ1n) is 8.44. The van der Waals surface area contributed by atoms with Gasteiger partial charge in [-0.2, -0.15) is 0 Å². The third kappa shape index (κ3) is 8.61. The van der Waals surface area contributed by atoms with Crippen molar-refractivity contribution in [2.45, 2.75) is 57.8 Å². The molecule has 114 valence electrons. The molecule has 1 aliphatic heterocycles. The highest BCUT2D eigenvalue weighted by Crippen LogP contribution is 2.21. The second kappa shape index (κ2) is 11.7. The predicted octanol–water partition coefficient (Wildman–Crippen LogP) is 2.61. The molecule has 2 fully saturated rings. The largest absolute Gasteiger partial charge is 0.330 e. The van der Waals surface area contributed by atoms with Gasteiger partial charge in [0.05, 0.1) is 0 Å². The number of piperidine rings is 1. The lowest BCUT2D eigenvalue weighted by atomic mass is 9.90. The summed E-state index contributed by atoms with van der Waals surface area (Å²) < 4.78 is 0. The Kier molecular flexibility index (Phi) is 10.4. The Balaban J connectivity index is 0.000000200. The van der Waals surface area contributed by atoms with Crippen molar-refractivity contribution in [2.75, 3.05) is 39.8 Å². The van der Waals surface area contributed by atoms with Crippen LogP contribution in [0.3, 0.4) is 0 Å². The van der Waals surface area contributed by atoms with E-state index in [-0.39, 0.29) is 0 Å². The van der Waals surface area contributed by atoms with E-state index in [0.29, 0.717) is 0 Å². The van der Waals surface area contributed by atoms with E-state index in [4.69, 9.17) is 5.73 Å². The van der Waals surface area contributed by atoms with E-state index in [1.165, 1.54) is 77.4 Å². The number of nitrogens with zero attached hydrogens (tertiary/aromatic N) is 1. The SMILES string of the molecule is CNCCCN1CCCCC1.NCC1CCCCC1. The van der Waals surface area contributed by atoms with E-state index in [1.807, 2.05) is 7.05 Å². The highest BCUT2D eigenvalue weighted by molar-refractivity contribution is 4.65. The Hall–Kier alpha value is -0.120. The van der Waals surface area contributed by atoms with Gasteiger partial charge in [-0.3, -0.25) is 0 Å². The standard InChI is InChI=1S/C9H20N2.C7H15N/c1-10-6-5-9-11-7-3-2-4-8-11;8-6-7-4-2-1-3-5-7/h10H,2-9H2,1H3;7H,1-6,8H2. The zero-order chi connectivity index (χ0) is 13.8. The molecular formula is C16H35N3. The molecule has 0 bridgehead atoms. The van der Waals surface area contributed by atoms with Crippen molar-refractivity contribution in [3.05, 3.63) is 0 Å². The molecule has 19 heavy (non-hydrogen) atoms. The Bertz CT molecular complexity index is 184. The zero-order valence-electron chi connectivity index (χ0n) is 13.0. The summed E-state index contributed by atoms with van der Waals surface area (Å²) in [5.41, 5.74) is 5.50. The molecule has 1 heterocycles. The van der Waals surface area contributed by atoms with Crippen LogP contribution in [0, 0.1) is 5.92 Å². The lowest BCUT2D eigenvalue weighted by Crippen LogP contribution is -2.31. The number of rotatable bonds is 5. The van der Waals surface area contributed by atoms with Crippen LogP contribution in [0.15, 0.2) is 0 Å². The molecule has 1 saturated carbocycles. The van der Waals surface area contributed by atoms with E-state index in [0.717, 1.165) is 19.0 Å². The molecule has 3 N–H and O–H groups in total. The number of nitrogens with one attached hydrogen (secondary N) is 1. The molecule has 3 heteroatoms. The topological polar surface area (TPSA) is 41.3 Å². The van der Waals surface area contributed by atoms with Gasteiger partial charge in [0.1, 0.15) is 0 Å². The first-order chi connectivity index (χ1) is 9.36. The van der Waals surface area contributed by atoms with Crippen molar-refractivity contribution in [2.24, 2.45) is 11.7 Å². The van der Waals surface area contributed by atoms with Gasteiger partial charge in [0.15, 0.2) is 0 Å². The highest BCUT2D eigenvalue weighted by Gasteiger charge is 2.10. The van der Waals surface area contributed by atoms with Crippen LogP contribution in [0.5, 0.6) is 0 Å². The predicted molar refractivity (Wildman–Crippen MR) is 84.5 cm³/mol. The summed E-state index contributed by atoms with van der Waals surface area (Å²) in [4.78, 5) is 2.58. The van der Waals surface area contributed by atoms with Crippen molar-refractivity contribution in [3.63, 3.8) is 0 Å². The second-order valence-electron chi connectivity index (χ2n) is 6.10. The lowest BCUT2D eigenvalue weighted by molar-refractivity contribution is 0.226. The maximum Gasteiger partial charge on any atom is -0.000664 e. The normalized spacial score (nSPS) is 21.8. The maximum absolute atomic E-state index is 5.50. The van der Waals surface area contributed by atoms with Crippen LogP contribution in [-0.4, -0.2) is 44.7 Å². The van der Waals surface area contributed by atoms with Gasteiger partial charge in [0, 0.05) is 0 Å². The number of hydrogen-bond donors (Lipinski definition) is 2. The number of nitrogens with two attached hydrogens (primary N) is 1. The molecule has 2 aliphatic rings. The summed E-state index contributed by atoms with van der Waals surface area (Å²) >= 11 is 0. The van der Waals surface area contributed by atoms with Crippen LogP contribution in [-0.2, 0) is 0 Å². The molecule has 3 nitrogen and oxygen atoms in total. The number of hydrogen-bond acceptors (Lipinski definition) is 3. The second-order valence-corrected chi connectivity index (χ2v) is 6.10. The van der Waals surface area contributed by atoms with Crippen LogP contribution in [0.2, 0.25) is 0 Å². The maximum atomic E-state index is 5.50. The average Bonchev–Trinajstić information content (AvgIpc) is 2.50. The molecule has 1 saturated heterocycles. The van der Waals surface area contributed by atoms with E-state index >= 15 is 0 Å². The first kappa shape index (κ1) is 16.9. The highest BCUT2D eigenvalue weighted by atomic mass is 15.1. The molecule has 0 aromatic carbocycles. The van der Waals surface area contributed by atoms with Crippen LogP contribution in [0.1, 0.15) is 57.8 Å². The van der Waals surface area contributed by atoms with E-state index in [1.54, 1.807) is 0 Å². The Morgan fingerprint density at radius 2 is 1.63 bits per heavy atom. The minimum Gasteiger partial charge on any atom is -0.330 e. The minimum atomic E-state index is 0.865. The summed E-state index contributed by atoms with van der Waals surface area (Å²) in [6.45, 7) is 6.05. The van der Waals surface area contributed by atoms with Crippen LogP contribution < -0.4 is 11.1 Å². The molecule has 0 unspecified atom stereocenters. The molecule has 1 aliphatic carbocycles. The zero-order valence-corrected chi connectivity index (χ0v) is 13.0. The molecule has 0 atom stereocenters. The Morgan fingerprint density at radius 1 is 1.00 bits per heavy atom. The lowest BCUT2D eigenvalue weighted by Gasteiger charge is -2.26. The van der Waals surface area contributed by atoms with Gasteiger partial charge in [-0.05, 0) is 77.8 Å². The van der Waals surface area contributed by atoms with Gasteiger partial charge in [-0.15, -0.1) is 0 Å². The molecule has 0 aromatic heterocycles. The van der Waals surface area contributed by atoms with E-state index < -0.39 is 0 Å². The van der Waals surface area contributed by atoms with E-state index in [9.17, 15) is 0 Å². The van der Waals surface area contributed by atoms with Gasteiger partial charge in [0.25, 0.3) is 0 Å². The van der Waals surface area contributed by atoms with Crippen LogP contribution in [0.25, 0.3) is 0 Å². The summed E-state index contributed by atoms with van der Waals surface area (Å²) in [6, 6.07) is 0. The van der Waals surface area contributed by atoms with Crippen molar-refractivity contribution in [1.82, 2.24) is 10.2 Å². The van der Waals surface area contributed by atoms with E-state index in [2.05, 4.69) is 10.2 Å². The number of likely N-dealkylation sites (tertiary alicyclic amines) is 1. The molecule has 0 amide bonds. The molecule has 0 aromatic rings. The summed E-state index contributed by atoms with van der Waals surface area (Å²) in [5.74, 6) is 0.865. The van der Waals surface area contributed by atoms with Gasteiger partial charge in [-0.1, -0.05) is 25.7 Å². The van der Waals surface area contributed by atoms with Gasteiger partial charge < -0.3 is 16.0 Å². The van der Waals surface area contributed by atoms with Crippen LogP contribution >= 0.6 is 0 Å². The summed E-state index contributed by atoms with van der Waals surface area (Å²) in [7, 11) is 2.02. The third-order valence-electron chi connectivity index (χ3n) is 4.41. The fourth-order valence-corrected chi connectivity index (χ4v) is 3.09. The summed E-state index contributed by atoms with van der Waals surface area (Å²) in [5, 5.41) is 3.18. The smallest absolute Gasteiger partial charge is 0.000664 e. The van der Waals surface area contributed by atoms with Crippen molar-refractivity contribution < 1.29 is 0 Å². The van der Waals surface area contributed by atoms with Gasteiger partial charge >= 0.3 is 0 Å². The average molecular weight is 269 g/mol. The first-order valence-corrected chi connectivity index (χ1v) is 8.44. The van der Waals surface area contributed by atoms with Crippen molar-refractivity contribution in [3.8, 4) is 0 Å². The Morgan fingerprint density at radius 3 is 2.16 bits per heavy atom. The Labute approximate surface area is 120 Å². The monoisotopic (exact) mass is 269 g/mol. The quantitative estimate of drug-likeness (QED) is 0.754. The van der Waals surface area contributed by atoms with Gasteiger partial charge in [0.2, 0.25) is 0 Å². The fraction of sp³-hybridized carbons (Fsp3) is 1.00. The minimum absolute atomic E-state index is 0.865. The molecule has 2 rings (SSSR count). The summed E-state index contributed by atoms with van der Waals surface area (Å²) in [6.07, 6.45) is 12.6. The fourth-order valence-electron chi connectivity index (χ4n) is 3.09. The van der Waals surface area contributed by atoms with Gasteiger partial charge in [-0.25, -0.2) is 0 Å². The van der Waals surface area contributed by atoms with Crippen molar-refractivity contribution >= 4 is 0 Å². The molecule has 0 spiro atoms. The molecule has 0 radical (unpaired) electrons. The van der Waals surface area contributed by atoms with Crippen molar-refractivity contribution in [1.29, 1.82) is 0 Å². The molecular weight excluding hydrogens is 234 g/mol.